The molecule has 0 aliphatic heterocycles. The molecule has 1 N–H and O–H groups in total. The van der Waals surface area contributed by atoms with Crippen LogP contribution in [-0.2, 0) is 6.42 Å². The molecule has 1 aromatic rings. The van der Waals surface area contributed by atoms with Gasteiger partial charge in [0.05, 0.1) is 10.0 Å². The zero-order valence-electron chi connectivity index (χ0n) is 8.98. The fourth-order valence-electron chi connectivity index (χ4n) is 2.21. The summed E-state index contributed by atoms with van der Waals surface area (Å²) in [5.41, 5.74) is 2.54. The molecule has 0 spiro atoms. The Kier molecular flexibility index (Phi) is 3.24. The van der Waals surface area contributed by atoms with Crippen molar-refractivity contribution >= 4 is 23.2 Å². The van der Waals surface area contributed by atoms with Crippen molar-refractivity contribution in [3.8, 4) is 0 Å². The summed E-state index contributed by atoms with van der Waals surface area (Å²) in [6.07, 6.45) is 2.15. The van der Waals surface area contributed by atoms with Crippen LogP contribution in [0, 0.1) is 0 Å². The standard InChI is InChI=1S/C12H15Cl2N/c1-7(2)15-11-6-4-9-8(11)3-5-10(13)12(9)14/h3,5,7,11,15H,4,6H2,1-2H3. The van der Waals surface area contributed by atoms with Crippen LogP contribution in [0.1, 0.15) is 37.4 Å². The van der Waals surface area contributed by atoms with Gasteiger partial charge in [0.25, 0.3) is 0 Å². The molecule has 3 heteroatoms. The molecule has 0 fully saturated rings. The van der Waals surface area contributed by atoms with Gasteiger partial charge in [-0.1, -0.05) is 43.1 Å². The van der Waals surface area contributed by atoms with Gasteiger partial charge in [-0.05, 0) is 30.0 Å². The highest BCUT2D eigenvalue weighted by Gasteiger charge is 2.25. The van der Waals surface area contributed by atoms with Crippen molar-refractivity contribution in [2.75, 3.05) is 0 Å². The van der Waals surface area contributed by atoms with E-state index in [1.54, 1.807) is 0 Å². The Bertz CT molecular complexity index is 374. The summed E-state index contributed by atoms with van der Waals surface area (Å²) in [6.45, 7) is 4.32. The molecule has 1 nitrogen and oxygen atoms in total. The van der Waals surface area contributed by atoms with Gasteiger partial charge in [0.15, 0.2) is 0 Å². The van der Waals surface area contributed by atoms with Crippen LogP contribution in [0.2, 0.25) is 10.0 Å². The maximum absolute atomic E-state index is 6.18. The smallest absolute Gasteiger partial charge is 0.0627 e. The minimum absolute atomic E-state index is 0.440. The molecule has 1 unspecified atom stereocenters. The zero-order chi connectivity index (χ0) is 11.0. The van der Waals surface area contributed by atoms with Crippen LogP contribution in [0.4, 0.5) is 0 Å². The van der Waals surface area contributed by atoms with Gasteiger partial charge < -0.3 is 5.32 Å². The van der Waals surface area contributed by atoms with Gasteiger partial charge >= 0.3 is 0 Å². The molecule has 0 radical (unpaired) electrons. The molecule has 82 valence electrons. The molecule has 1 atom stereocenters. The van der Waals surface area contributed by atoms with Crippen LogP contribution in [0.25, 0.3) is 0 Å². The monoisotopic (exact) mass is 243 g/mol. The van der Waals surface area contributed by atoms with Gasteiger partial charge in [0, 0.05) is 12.1 Å². The van der Waals surface area contributed by atoms with Gasteiger partial charge in [-0.15, -0.1) is 0 Å². The molecule has 1 aliphatic rings. The lowest BCUT2D eigenvalue weighted by molar-refractivity contribution is 0.475. The third-order valence-corrected chi connectivity index (χ3v) is 3.67. The van der Waals surface area contributed by atoms with Gasteiger partial charge in [-0.3, -0.25) is 0 Å². The van der Waals surface area contributed by atoms with Crippen molar-refractivity contribution in [3.05, 3.63) is 33.3 Å². The average molecular weight is 244 g/mol. The average Bonchev–Trinajstić information content (AvgIpc) is 2.55. The Labute approximate surface area is 101 Å². The Morgan fingerprint density at radius 1 is 1.33 bits per heavy atom. The molecule has 0 saturated heterocycles. The highest BCUT2D eigenvalue weighted by Crippen LogP contribution is 2.39. The maximum Gasteiger partial charge on any atom is 0.0627 e. The minimum Gasteiger partial charge on any atom is -0.308 e. The summed E-state index contributed by atoms with van der Waals surface area (Å²) >= 11 is 12.2. The number of hydrogen-bond acceptors (Lipinski definition) is 1. The van der Waals surface area contributed by atoms with Crippen molar-refractivity contribution in [1.82, 2.24) is 5.32 Å². The molecule has 1 aliphatic carbocycles. The van der Waals surface area contributed by atoms with Crippen LogP contribution < -0.4 is 5.32 Å². The third-order valence-electron chi connectivity index (χ3n) is 2.83. The lowest BCUT2D eigenvalue weighted by atomic mass is 10.1. The molecule has 0 saturated carbocycles. The van der Waals surface area contributed by atoms with E-state index in [0.717, 1.165) is 17.9 Å². The largest absolute Gasteiger partial charge is 0.308 e. The molecule has 0 bridgehead atoms. The van der Waals surface area contributed by atoms with Crippen LogP contribution in [0.5, 0.6) is 0 Å². The van der Waals surface area contributed by atoms with E-state index >= 15 is 0 Å². The van der Waals surface area contributed by atoms with E-state index < -0.39 is 0 Å². The Morgan fingerprint density at radius 3 is 2.73 bits per heavy atom. The molecular formula is C12H15Cl2N. The van der Waals surface area contributed by atoms with E-state index in [1.165, 1.54) is 11.1 Å². The quantitative estimate of drug-likeness (QED) is 0.829. The zero-order valence-corrected chi connectivity index (χ0v) is 10.5. The van der Waals surface area contributed by atoms with Gasteiger partial charge in [-0.2, -0.15) is 0 Å². The predicted octanol–water partition coefficient (Wildman–Crippen LogP) is 3.98. The topological polar surface area (TPSA) is 12.0 Å². The first kappa shape index (κ1) is 11.3. The van der Waals surface area contributed by atoms with Gasteiger partial charge in [-0.25, -0.2) is 0 Å². The lowest BCUT2D eigenvalue weighted by Gasteiger charge is -2.17. The molecule has 1 aromatic carbocycles. The van der Waals surface area contributed by atoms with Crippen molar-refractivity contribution in [1.29, 1.82) is 0 Å². The lowest BCUT2D eigenvalue weighted by Crippen LogP contribution is -2.26. The normalized spacial score (nSPS) is 19.7. The molecular weight excluding hydrogens is 229 g/mol. The van der Waals surface area contributed by atoms with E-state index in [9.17, 15) is 0 Å². The summed E-state index contributed by atoms with van der Waals surface area (Å²) in [5.74, 6) is 0. The molecule has 0 amide bonds. The van der Waals surface area contributed by atoms with E-state index in [4.69, 9.17) is 23.2 Å². The summed E-state index contributed by atoms with van der Waals surface area (Å²) in [6, 6.07) is 4.92. The number of rotatable bonds is 2. The highest BCUT2D eigenvalue weighted by atomic mass is 35.5. The van der Waals surface area contributed by atoms with E-state index in [-0.39, 0.29) is 0 Å². The van der Waals surface area contributed by atoms with Crippen molar-refractivity contribution < 1.29 is 0 Å². The molecule has 0 aromatic heterocycles. The summed E-state index contributed by atoms with van der Waals surface area (Å²) in [7, 11) is 0. The molecule has 2 rings (SSSR count). The van der Waals surface area contributed by atoms with E-state index in [2.05, 4.69) is 25.2 Å². The SMILES string of the molecule is CC(C)NC1CCc2c1ccc(Cl)c2Cl. The molecule has 15 heavy (non-hydrogen) atoms. The summed E-state index contributed by atoms with van der Waals surface area (Å²) in [4.78, 5) is 0. The van der Waals surface area contributed by atoms with Crippen molar-refractivity contribution in [2.24, 2.45) is 0 Å². The number of hydrogen-bond donors (Lipinski definition) is 1. The summed E-state index contributed by atoms with van der Waals surface area (Å²) in [5, 5.41) is 4.95. The number of fused-ring (bicyclic) bond motifs is 1. The first-order valence-electron chi connectivity index (χ1n) is 5.32. The number of halogens is 2. The van der Waals surface area contributed by atoms with Gasteiger partial charge in [0.1, 0.15) is 0 Å². The minimum atomic E-state index is 0.440. The number of nitrogens with one attached hydrogen (secondary N) is 1. The van der Waals surface area contributed by atoms with E-state index in [1.807, 2.05) is 6.07 Å². The summed E-state index contributed by atoms with van der Waals surface area (Å²) < 4.78 is 0. The van der Waals surface area contributed by atoms with Crippen molar-refractivity contribution in [3.63, 3.8) is 0 Å². The second-order valence-corrected chi connectivity index (χ2v) is 5.13. The predicted molar refractivity (Wildman–Crippen MR) is 65.8 cm³/mol. The third kappa shape index (κ3) is 2.15. The fraction of sp³-hybridized carbons (Fsp3) is 0.500. The van der Waals surface area contributed by atoms with E-state index in [0.29, 0.717) is 17.1 Å². The Hall–Kier alpha value is -0.240. The fourth-order valence-corrected chi connectivity index (χ4v) is 2.65. The van der Waals surface area contributed by atoms with Crippen LogP contribution >= 0.6 is 23.2 Å². The van der Waals surface area contributed by atoms with Gasteiger partial charge in [0.2, 0.25) is 0 Å². The second-order valence-electron chi connectivity index (χ2n) is 4.34. The Morgan fingerprint density at radius 2 is 2.07 bits per heavy atom. The second kappa shape index (κ2) is 4.32. The van der Waals surface area contributed by atoms with Crippen LogP contribution in [0.3, 0.4) is 0 Å². The van der Waals surface area contributed by atoms with Crippen LogP contribution in [0.15, 0.2) is 12.1 Å². The number of benzene rings is 1. The van der Waals surface area contributed by atoms with Crippen molar-refractivity contribution in [2.45, 2.75) is 38.8 Å². The first-order valence-corrected chi connectivity index (χ1v) is 6.08. The maximum atomic E-state index is 6.18. The first-order chi connectivity index (χ1) is 7.09. The Balaban J connectivity index is 2.32. The molecule has 0 heterocycles. The highest BCUT2D eigenvalue weighted by molar-refractivity contribution is 6.42. The van der Waals surface area contributed by atoms with Crippen LogP contribution in [-0.4, -0.2) is 6.04 Å².